The average Bonchev–Trinajstić information content (AvgIpc) is 2.65. The fraction of sp³-hybridized carbons (Fsp3) is 1.00. The Hall–Kier alpha value is 0.0569. The van der Waals surface area contributed by atoms with Crippen molar-refractivity contribution in [1.29, 1.82) is 0 Å². The molecule has 0 aliphatic carbocycles. The molecule has 0 aromatic rings. The molecule has 0 bridgehead atoms. The van der Waals surface area contributed by atoms with Gasteiger partial charge in [-0.3, -0.25) is 0 Å². The van der Waals surface area contributed by atoms with E-state index >= 15 is 0 Å². The van der Waals surface area contributed by atoms with Crippen LogP contribution in [0, 0.1) is 0 Å². The summed E-state index contributed by atoms with van der Waals surface area (Å²) in [6.45, 7) is 9.82. The van der Waals surface area contributed by atoms with Crippen LogP contribution in [0.5, 0.6) is 0 Å². The normalized spacial score (nSPS) is 12.0. The smallest absolute Gasteiger partial charge is 0.373 e. The van der Waals surface area contributed by atoms with Gasteiger partial charge in [-0.1, -0.05) is 72.1 Å². The maximum absolute atomic E-state index is 6.37. The fourth-order valence-electron chi connectivity index (χ4n) is 2.92. The summed E-state index contributed by atoms with van der Waals surface area (Å²) in [4.78, 5) is 0. The standard InChI is InChI=1S/C21H47NO3Si/c1-4-7-13-18-23-26(24-19-14-8-5-2,25-20-15-9-6-3)21-16-11-10-12-17-22/h4-22H2,1-3H3. The maximum atomic E-state index is 6.37. The van der Waals surface area contributed by atoms with Crippen molar-refractivity contribution in [2.45, 2.75) is 110 Å². The van der Waals surface area contributed by atoms with Gasteiger partial charge < -0.3 is 19.0 Å². The largest absolute Gasteiger partial charge is 0.500 e. The Labute approximate surface area is 164 Å². The van der Waals surface area contributed by atoms with E-state index in [0.29, 0.717) is 0 Å². The highest BCUT2D eigenvalue weighted by Crippen LogP contribution is 2.22. The van der Waals surface area contributed by atoms with E-state index in [4.69, 9.17) is 19.0 Å². The summed E-state index contributed by atoms with van der Waals surface area (Å²) in [6.07, 6.45) is 15.2. The van der Waals surface area contributed by atoms with E-state index in [1.807, 2.05) is 0 Å². The molecule has 0 rings (SSSR count). The van der Waals surface area contributed by atoms with Gasteiger partial charge in [0.1, 0.15) is 0 Å². The quantitative estimate of drug-likeness (QED) is 0.191. The maximum Gasteiger partial charge on any atom is 0.500 e. The Kier molecular flexibility index (Phi) is 19.9. The summed E-state index contributed by atoms with van der Waals surface area (Å²) in [6, 6.07) is 0.960. The van der Waals surface area contributed by atoms with E-state index in [1.54, 1.807) is 0 Å². The molecule has 0 atom stereocenters. The second-order valence-electron chi connectivity index (χ2n) is 7.30. The molecule has 0 amide bonds. The average molecular weight is 390 g/mol. The molecule has 26 heavy (non-hydrogen) atoms. The van der Waals surface area contributed by atoms with Crippen LogP contribution < -0.4 is 5.73 Å². The zero-order chi connectivity index (χ0) is 19.3. The molecule has 0 aromatic heterocycles. The third-order valence-corrected chi connectivity index (χ3v) is 7.54. The van der Waals surface area contributed by atoms with Gasteiger partial charge in [-0.2, -0.15) is 0 Å². The minimum Gasteiger partial charge on any atom is -0.373 e. The molecule has 0 fully saturated rings. The minimum absolute atomic E-state index is 0.782. The first-order valence-corrected chi connectivity index (χ1v) is 13.3. The Morgan fingerprint density at radius 3 is 1.35 bits per heavy atom. The lowest BCUT2D eigenvalue weighted by Crippen LogP contribution is -2.46. The van der Waals surface area contributed by atoms with Gasteiger partial charge in [-0.15, -0.1) is 0 Å². The summed E-state index contributed by atoms with van der Waals surface area (Å²) < 4.78 is 19.1. The molecular weight excluding hydrogens is 342 g/mol. The van der Waals surface area contributed by atoms with Gasteiger partial charge in [0.25, 0.3) is 0 Å². The lowest BCUT2D eigenvalue weighted by molar-refractivity contribution is 0.0548. The first-order chi connectivity index (χ1) is 12.7. The van der Waals surface area contributed by atoms with Gasteiger partial charge in [0.15, 0.2) is 0 Å². The number of rotatable bonds is 21. The lowest BCUT2D eigenvalue weighted by atomic mass is 10.2. The van der Waals surface area contributed by atoms with Crippen molar-refractivity contribution < 1.29 is 13.3 Å². The van der Waals surface area contributed by atoms with Crippen molar-refractivity contribution >= 4 is 8.80 Å². The lowest BCUT2D eigenvalue weighted by Gasteiger charge is -2.30. The molecule has 0 heterocycles. The van der Waals surface area contributed by atoms with Crippen LogP contribution in [-0.4, -0.2) is 35.2 Å². The molecule has 5 heteroatoms. The first-order valence-electron chi connectivity index (χ1n) is 11.4. The highest BCUT2D eigenvalue weighted by molar-refractivity contribution is 6.60. The van der Waals surface area contributed by atoms with Crippen LogP contribution >= 0.6 is 0 Å². The monoisotopic (exact) mass is 389 g/mol. The molecule has 0 aliphatic rings. The van der Waals surface area contributed by atoms with Crippen LogP contribution in [0.1, 0.15) is 104 Å². The SMILES string of the molecule is CCCCCO[Si](CCCCCCN)(OCCCCC)OCCCCC. The number of hydrogen-bond donors (Lipinski definition) is 1. The van der Waals surface area contributed by atoms with Crippen LogP contribution in [0.3, 0.4) is 0 Å². The van der Waals surface area contributed by atoms with Gasteiger partial charge in [0.05, 0.1) is 0 Å². The second kappa shape index (κ2) is 19.8. The zero-order valence-corrected chi connectivity index (χ0v) is 19.0. The zero-order valence-electron chi connectivity index (χ0n) is 18.0. The van der Waals surface area contributed by atoms with E-state index in [9.17, 15) is 0 Å². The second-order valence-corrected chi connectivity index (χ2v) is 10.0. The molecule has 0 unspecified atom stereocenters. The predicted octanol–water partition coefficient (Wildman–Crippen LogP) is 6.06. The van der Waals surface area contributed by atoms with Gasteiger partial charge in [0, 0.05) is 25.9 Å². The van der Waals surface area contributed by atoms with Crippen LogP contribution in [0.2, 0.25) is 6.04 Å². The Morgan fingerprint density at radius 1 is 0.538 bits per heavy atom. The van der Waals surface area contributed by atoms with Gasteiger partial charge >= 0.3 is 8.80 Å². The van der Waals surface area contributed by atoms with E-state index in [0.717, 1.165) is 64.5 Å². The van der Waals surface area contributed by atoms with E-state index in [1.165, 1.54) is 51.4 Å². The molecule has 4 nitrogen and oxygen atoms in total. The molecule has 2 N–H and O–H groups in total. The molecule has 0 radical (unpaired) electrons. The summed E-state index contributed by atoms with van der Waals surface area (Å²) in [7, 11) is -2.54. The molecule has 0 saturated heterocycles. The van der Waals surface area contributed by atoms with Crippen LogP contribution in [0.4, 0.5) is 0 Å². The highest BCUT2D eigenvalue weighted by atomic mass is 28.4. The molecule has 0 spiro atoms. The molecule has 0 aliphatic heterocycles. The van der Waals surface area contributed by atoms with Crippen molar-refractivity contribution in [3.8, 4) is 0 Å². The molecule has 0 aromatic carbocycles. The summed E-state index contributed by atoms with van der Waals surface area (Å²) in [5.74, 6) is 0. The fourth-order valence-corrected chi connectivity index (χ4v) is 5.65. The summed E-state index contributed by atoms with van der Waals surface area (Å²) in [5.41, 5.74) is 5.61. The molecule has 0 saturated carbocycles. The summed E-state index contributed by atoms with van der Waals surface area (Å²) >= 11 is 0. The van der Waals surface area contributed by atoms with Crippen LogP contribution in [-0.2, 0) is 13.3 Å². The Bertz CT molecular complexity index is 249. The van der Waals surface area contributed by atoms with Crippen LogP contribution in [0.15, 0.2) is 0 Å². The summed E-state index contributed by atoms with van der Waals surface area (Å²) in [5, 5.41) is 0. The van der Waals surface area contributed by atoms with Gasteiger partial charge in [0.2, 0.25) is 0 Å². The molecule has 158 valence electrons. The molecular formula is C21H47NO3Si. The Balaban J connectivity index is 4.63. The number of nitrogens with two attached hydrogens (primary N) is 1. The van der Waals surface area contributed by atoms with Crippen molar-refractivity contribution in [1.82, 2.24) is 0 Å². The van der Waals surface area contributed by atoms with Crippen molar-refractivity contribution in [3.63, 3.8) is 0 Å². The third-order valence-electron chi connectivity index (χ3n) is 4.65. The van der Waals surface area contributed by atoms with Gasteiger partial charge in [-0.25, -0.2) is 0 Å². The van der Waals surface area contributed by atoms with Crippen molar-refractivity contribution in [2.24, 2.45) is 5.73 Å². The van der Waals surface area contributed by atoms with E-state index in [-0.39, 0.29) is 0 Å². The number of unbranched alkanes of at least 4 members (excludes halogenated alkanes) is 9. The van der Waals surface area contributed by atoms with Gasteiger partial charge in [-0.05, 0) is 38.6 Å². The Morgan fingerprint density at radius 2 is 0.962 bits per heavy atom. The van der Waals surface area contributed by atoms with Crippen LogP contribution in [0.25, 0.3) is 0 Å². The van der Waals surface area contributed by atoms with Crippen molar-refractivity contribution in [3.05, 3.63) is 0 Å². The first kappa shape index (κ1) is 26.1. The predicted molar refractivity (Wildman–Crippen MR) is 115 cm³/mol. The third kappa shape index (κ3) is 15.1. The highest BCUT2D eigenvalue weighted by Gasteiger charge is 2.40. The topological polar surface area (TPSA) is 53.7 Å². The van der Waals surface area contributed by atoms with Crippen molar-refractivity contribution in [2.75, 3.05) is 26.4 Å². The van der Waals surface area contributed by atoms with E-state index in [2.05, 4.69) is 20.8 Å². The number of hydrogen-bond acceptors (Lipinski definition) is 4. The minimum atomic E-state index is -2.54. The van der Waals surface area contributed by atoms with E-state index < -0.39 is 8.80 Å².